The molecule has 0 bridgehead atoms. The second kappa shape index (κ2) is 10.9. The smallest absolute Gasteiger partial charge is 0.303 e. The van der Waals surface area contributed by atoms with Gasteiger partial charge in [0.15, 0.2) is 0 Å². The molecule has 3 heterocycles. The number of unbranched alkanes of at least 4 members (excludes halogenated alkanes) is 1. The topological polar surface area (TPSA) is 76.7 Å². The first-order valence-corrected chi connectivity index (χ1v) is 12.3. The first-order chi connectivity index (χ1) is 16.1. The highest BCUT2D eigenvalue weighted by Gasteiger charge is 2.21. The molecule has 4 rings (SSSR count). The quantitative estimate of drug-likeness (QED) is 0.389. The average molecular weight is 450 g/mol. The summed E-state index contributed by atoms with van der Waals surface area (Å²) in [4.78, 5) is 15.5. The lowest BCUT2D eigenvalue weighted by Gasteiger charge is -2.23. The van der Waals surface area contributed by atoms with E-state index in [0.29, 0.717) is 19.1 Å². The number of aliphatic carboxylic acids is 1. The minimum Gasteiger partial charge on any atom is -0.481 e. The van der Waals surface area contributed by atoms with E-state index < -0.39 is 5.97 Å². The summed E-state index contributed by atoms with van der Waals surface area (Å²) in [7, 11) is 0. The Morgan fingerprint density at radius 3 is 2.73 bits per heavy atom. The maximum Gasteiger partial charge on any atom is 0.303 e. The summed E-state index contributed by atoms with van der Waals surface area (Å²) in [6.07, 6.45) is 13.4. The van der Waals surface area contributed by atoms with E-state index in [-0.39, 0.29) is 6.42 Å². The van der Waals surface area contributed by atoms with Crippen LogP contribution in [-0.4, -0.2) is 31.8 Å². The molecule has 3 aromatic heterocycles. The van der Waals surface area contributed by atoms with Gasteiger partial charge in [0, 0.05) is 35.6 Å². The van der Waals surface area contributed by atoms with Gasteiger partial charge in [-0.2, -0.15) is 5.10 Å². The van der Waals surface area contributed by atoms with E-state index in [1.165, 1.54) is 25.0 Å². The van der Waals surface area contributed by atoms with Crippen LogP contribution in [0.25, 0.3) is 16.6 Å². The summed E-state index contributed by atoms with van der Waals surface area (Å²) in [6.45, 7) is 4.70. The average Bonchev–Trinajstić information content (AvgIpc) is 3.23. The van der Waals surface area contributed by atoms with E-state index in [9.17, 15) is 4.79 Å². The zero-order valence-corrected chi connectivity index (χ0v) is 19.8. The first kappa shape index (κ1) is 23.4. The monoisotopic (exact) mass is 449 g/mol. The van der Waals surface area contributed by atoms with Crippen LogP contribution in [0.5, 0.6) is 0 Å². The lowest BCUT2D eigenvalue weighted by molar-refractivity contribution is -0.137. The molecule has 1 aliphatic carbocycles. The molecule has 3 aromatic rings. The molecule has 33 heavy (non-hydrogen) atoms. The maximum atomic E-state index is 11.0. The van der Waals surface area contributed by atoms with Gasteiger partial charge in [-0.25, -0.2) is 4.52 Å². The molecule has 1 aliphatic rings. The molecule has 1 fully saturated rings. The number of fused-ring (bicyclic) bond motifs is 1. The number of ether oxygens (including phenoxy) is 1. The number of hydrogen-bond acceptors (Lipinski definition) is 4. The largest absolute Gasteiger partial charge is 0.481 e. The second-order valence-electron chi connectivity index (χ2n) is 9.20. The first-order valence-electron chi connectivity index (χ1n) is 12.3. The number of rotatable bonds is 10. The fraction of sp³-hybridized carbons (Fsp3) is 0.519. The molecule has 0 aromatic carbocycles. The predicted octanol–water partition coefficient (Wildman–Crippen LogP) is 5.91. The van der Waals surface area contributed by atoms with Gasteiger partial charge < -0.3 is 9.84 Å². The van der Waals surface area contributed by atoms with Crippen LogP contribution in [0.1, 0.15) is 80.8 Å². The van der Waals surface area contributed by atoms with Crippen LogP contribution in [-0.2, 0) is 29.0 Å². The van der Waals surface area contributed by atoms with Crippen molar-refractivity contribution in [3.63, 3.8) is 0 Å². The molecule has 0 radical (unpaired) electrons. The summed E-state index contributed by atoms with van der Waals surface area (Å²) >= 11 is 0. The Labute approximate surface area is 196 Å². The van der Waals surface area contributed by atoms with Crippen molar-refractivity contribution in [1.29, 1.82) is 0 Å². The Bertz CT molecular complexity index is 1100. The van der Waals surface area contributed by atoms with Crippen molar-refractivity contribution < 1.29 is 14.6 Å². The van der Waals surface area contributed by atoms with Crippen LogP contribution in [0.4, 0.5) is 0 Å². The van der Waals surface area contributed by atoms with Crippen LogP contribution in [0, 0.1) is 6.92 Å². The molecule has 6 nitrogen and oxygen atoms in total. The van der Waals surface area contributed by atoms with Gasteiger partial charge >= 0.3 is 5.97 Å². The van der Waals surface area contributed by atoms with Crippen molar-refractivity contribution in [3.05, 3.63) is 53.1 Å². The van der Waals surface area contributed by atoms with Gasteiger partial charge in [0.25, 0.3) is 0 Å². The third-order valence-corrected chi connectivity index (χ3v) is 6.66. The lowest BCUT2D eigenvalue weighted by Crippen LogP contribution is -2.18. The number of pyridine rings is 1. The highest BCUT2D eigenvalue weighted by Crippen LogP contribution is 2.33. The minimum absolute atomic E-state index is 0.191. The number of aromatic nitrogens is 3. The molecule has 176 valence electrons. The molecule has 0 spiro atoms. The summed E-state index contributed by atoms with van der Waals surface area (Å²) in [5.41, 5.74) is 7.72. The van der Waals surface area contributed by atoms with Gasteiger partial charge in [0.2, 0.25) is 0 Å². The van der Waals surface area contributed by atoms with E-state index in [1.54, 1.807) is 0 Å². The Morgan fingerprint density at radius 2 is 2.00 bits per heavy atom. The van der Waals surface area contributed by atoms with Crippen molar-refractivity contribution in [3.8, 4) is 11.1 Å². The maximum absolute atomic E-state index is 11.0. The van der Waals surface area contributed by atoms with Gasteiger partial charge in [-0.05, 0) is 74.8 Å². The standard InChI is InChI=1S/C27H35N3O3/c1-3-21-13-14-25-27(20-15-19(2)16-28-17-20)23(11-7-8-12-26(31)32)24(29-30(21)25)18-33-22-9-5-4-6-10-22/h13-17,22H,3-12,18H2,1-2H3,(H,31,32). The van der Waals surface area contributed by atoms with E-state index in [4.69, 9.17) is 14.9 Å². The second-order valence-corrected chi connectivity index (χ2v) is 9.20. The highest BCUT2D eigenvalue weighted by molar-refractivity contribution is 5.83. The van der Waals surface area contributed by atoms with Crippen LogP contribution in [0.3, 0.4) is 0 Å². The molecule has 6 heteroatoms. The van der Waals surface area contributed by atoms with Crippen molar-refractivity contribution in [2.24, 2.45) is 0 Å². The fourth-order valence-electron chi connectivity index (χ4n) is 4.93. The van der Waals surface area contributed by atoms with Crippen LogP contribution in [0.2, 0.25) is 0 Å². The Balaban J connectivity index is 1.77. The van der Waals surface area contributed by atoms with Crippen molar-refractivity contribution in [2.75, 3.05) is 0 Å². The minimum atomic E-state index is -0.744. The molecule has 0 amide bonds. The third kappa shape index (κ3) is 5.61. The van der Waals surface area contributed by atoms with E-state index in [2.05, 4.69) is 41.5 Å². The molecule has 1 saturated carbocycles. The van der Waals surface area contributed by atoms with Gasteiger partial charge in [-0.3, -0.25) is 9.78 Å². The number of hydrogen-bond donors (Lipinski definition) is 1. The fourth-order valence-corrected chi connectivity index (χ4v) is 4.93. The number of carboxylic acids is 1. The van der Waals surface area contributed by atoms with Crippen molar-refractivity contribution in [1.82, 2.24) is 14.6 Å². The summed E-state index contributed by atoms with van der Waals surface area (Å²) < 4.78 is 8.45. The van der Waals surface area contributed by atoms with Crippen molar-refractivity contribution in [2.45, 2.75) is 90.8 Å². The number of aryl methyl sites for hydroxylation is 2. The van der Waals surface area contributed by atoms with E-state index in [1.807, 2.05) is 12.4 Å². The molecule has 0 saturated heterocycles. The number of carboxylic acid groups (broad SMARTS) is 1. The number of carbonyl (C=O) groups is 1. The van der Waals surface area contributed by atoms with Gasteiger partial charge in [0.1, 0.15) is 0 Å². The van der Waals surface area contributed by atoms with Crippen LogP contribution in [0.15, 0.2) is 30.6 Å². The van der Waals surface area contributed by atoms with E-state index in [0.717, 1.165) is 65.6 Å². The summed E-state index contributed by atoms with van der Waals surface area (Å²) in [5, 5.41) is 14.2. The third-order valence-electron chi connectivity index (χ3n) is 6.66. The number of nitrogens with zero attached hydrogens (tertiary/aromatic N) is 3. The Kier molecular flexibility index (Phi) is 7.76. The summed E-state index contributed by atoms with van der Waals surface area (Å²) in [5.74, 6) is -0.744. The lowest BCUT2D eigenvalue weighted by atomic mass is 9.94. The molecule has 0 atom stereocenters. The van der Waals surface area contributed by atoms with Gasteiger partial charge in [-0.1, -0.05) is 26.2 Å². The predicted molar refractivity (Wildman–Crippen MR) is 129 cm³/mol. The van der Waals surface area contributed by atoms with E-state index >= 15 is 0 Å². The summed E-state index contributed by atoms with van der Waals surface area (Å²) in [6, 6.07) is 6.47. The highest BCUT2D eigenvalue weighted by atomic mass is 16.5. The Hall–Kier alpha value is -2.73. The van der Waals surface area contributed by atoms with Gasteiger partial charge in [-0.15, -0.1) is 0 Å². The van der Waals surface area contributed by atoms with Gasteiger partial charge in [0.05, 0.1) is 23.9 Å². The van der Waals surface area contributed by atoms with Crippen LogP contribution >= 0.6 is 0 Å². The Morgan fingerprint density at radius 1 is 1.18 bits per heavy atom. The van der Waals surface area contributed by atoms with Crippen LogP contribution < -0.4 is 0 Å². The zero-order chi connectivity index (χ0) is 23.2. The molecule has 0 aliphatic heterocycles. The normalized spacial score (nSPS) is 14.7. The SMILES string of the molecule is CCc1ccc2c(-c3cncc(C)c3)c(CCCCC(=O)O)c(COC3CCCCC3)nn12. The molecular weight excluding hydrogens is 414 g/mol. The van der Waals surface area contributed by atoms with Crippen molar-refractivity contribution >= 4 is 11.5 Å². The zero-order valence-electron chi connectivity index (χ0n) is 19.8. The molecule has 1 N–H and O–H groups in total. The molecule has 0 unspecified atom stereocenters. The molecular formula is C27H35N3O3.